The zero-order valence-corrected chi connectivity index (χ0v) is 9.79. The molecule has 0 spiro atoms. The Kier molecular flexibility index (Phi) is 3.01. The molecule has 0 aliphatic heterocycles. The van der Waals surface area contributed by atoms with Crippen LogP contribution >= 0.6 is 50.1 Å². The van der Waals surface area contributed by atoms with E-state index in [2.05, 4.69) is 38.5 Å². The van der Waals surface area contributed by atoms with Gasteiger partial charge in [-0.2, -0.15) is 0 Å². The van der Waals surface area contributed by atoms with Crippen LogP contribution in [0, 0.1) is 10.5 Å². The third-order valence-corrected chi connectivity index (χ3v) is 3.22. The minimum atomic E-state index is 0.818. The summed E-state index contributed by atoms with van der Waals surface area (Å²) < 4.78 is 2.23. The summed E-state index contributed by atoms with van der Waals surface area (Å²) in [6.45, 7) is 2.01. The Labute approximate surface area is 87.2 Å². The highest BCUT2D eigenvalue weighted by Crippen LogP contribution is 2.25. The maximum atomic E-state index is 5.88. The molecule has 0 amide bonds. The van der Waals surface area contributed by atoms with E-state index in [1.54, 1.807) is 0 Å². The molecule has 0 N–H and O–H groups in total. The lowest BCUT2D eigenvalue weighted by atomic mass is 10.2. The Morgan fingerprint density at radius 2 is 2.10 bits per heavy atom. The summed E-state index contributed by atoms with van der Waals surface area (Å²) in [5.74, 6) is 0. The highest BCUT2D eigenvalue weighted by atomic mass is 127. The Hall–Kier alpha value is 0.720. The Morgan fingerprint density at radius 1 is 1.50 bits per heavy atom. The van der Waals surface area contributed by atoms with Crippen molar-refractivity contribution in [1.82, 2.24) is 0 Å². The van der Waals surface area contributed by atoms with Crippen molar-refractivity contribution in [1.29, 1.82) is 0 Å². The normalized spacial score (nSPS) is 10.0. The Morgan fingerprint density at radius 3 is 2.60 bits per heavy atom. The molecule has 0 radical (unpaired) electrons. The second kappa shape index (κ2) is 3.41. The molecule has 1 rings (SSSR count). The molecule has 0 heterocycles. The Balaban J connectivity index is 3.31. The van der Waals surface area contributed by atoms with Crippen LogP contribution in [0.3, 0.4) is 0 Å². The topological polar surface area (TPSA) is 0 Å². The van der Waals surface area contributed by atoms with Gasteiger partial charge in [-0.25, -0.2) is 0 Å². The van der Waals surface area contributed by atoms with Crippen molar-refractivity contribution in [2.75, 3.05) is 0 Å². The van der Waals surface area contributed by atoms with Crippen LogP contribution in [0.15, 0.2) is 16.6 Å². The molecule has 1 aromatic rings. The van der Waals surface area contributed by atoms with Gasteiger partial charge in [-0.3, -0.25) is 0 Å². The van der Waals surface area contributed by atoms with E-state index in [0.717, 1.165) is 15.1 Å². The van der Waals surface area contributed by atoms with Crippen molar-refractivity contribution >= 4 is 50.1 Å². The van der Waals surface area contributed by atoms with Crippen LogP contribution in [-0.2, 0) is 0 Å². The molecule has 0 saturated heterocycles. The number of benzene rings is 1. The molecular weight excluding hydrogens is 326 g/mol. The average molecular weight is 331 g/mol. The minimum Gasteiger partial charge on any atom is -0.0840 e. The van der Waals surface area contributed by atoms with Gasteiger partial charge in [0.15, 0.2) is 0 Å². The first-order chi connectivity index (χ1) is 4.61. The smallest absolute Gasteiger partial charge is 0.0456 e. The van der Waals surface area contributed by atoms with Crippen molar-refractivity contribution in [3.05, 3.63) is 30.8 Å². The van der Waals surface area contributed by atoms with Gasteiger partial charge in [0.1, 0.15) is 0 Å². The summed E-state index contributed by atoms with van der Waals surface area (Å²) in [7, 11) is 0. The lowest BCUT2D eigenvalue weighted by Crippen LogP contribution is -1.80. The van der Waals surface area contributed by atoms with Crippen molar-refractivity contribution in [2.45, 2.75) is 6.92 Å². The predicted octanol–water partition coefficient (Wildman–Crippen LogP) is 4.02. The first-order valence-electron chi connectivity index (χ1n) is 2.72. The Bertz CT molecular complexity index is 237. The van der Waals surface area contributed by atoms with Crippen LogP contribution in [0.4, 0.5) is 0 Å². The quantitative estimate of drug-likeness (QED) is 0.630. The zero-order chi connectivity index (χ0) is 7.72. The summed E-state index contributed by atoms with van der Waals surface area (Å²) in [6, 6.07) is 3.95. The van der Waals surface area contributed by atoms with E-state index < -0.39 is 0 Å². The SMILES string of the molecule is Cc1c(Cl)cc(Br)cc1I. The molecule has 0 atom stereocenters. The lowest BCUT2D eigenvalue weighted by molar-refractivity contribution is 1.41. The van der Waals surface area contributed by atoms with Crippen molar-refractivity contribution < 1.29 is 0 Å². The lowest BCUT2D eigenvalue weighted by Gasteiger charge is -2.00. The molecule has 0 bridgehead atoms. The van der Waals surface area contributed by atoms with Gasteiger partial charge in [0.05, 0.1) is 0 Å². The number of rotatable bonds is 0. The van der Waals surface area contributed by atoms with Gasteiger partial charge in [0.2, 0.25) is 0 Å². The van der Waals surface area contributed by atoms with Crippen LogP contribution in [0.25, 0.3) is 0 Å². The molecule has 3 heteroatoms. The molecule has 10 heavy (non-hydrogen) atoms. The first kappa shape index (κ1) is 8.81. The zero-order valence-electron chi connectivity index (χ0n) is 5.29. The van der Waals surface area contributed by atoms with Gasteiger partial charge in [0, 0.05) is 13.1 Å². The highest BCUT2D eigenvalue weighted by Gasteiger charge is 2.00. The van der Waals surface area contributed by atoms with Gasteiger partial charge in [-0.15, -0.1) is 0 Å². The highest BCUT2D eigenvalue weighted by molar-refractivity contribution is 14.1. The van der Waals surface area contributed by atoms with Gasteiger partial charge in [-0.05, 0) is 47.2 Å². The fraction of sp³-hybridized carbons (Fsp3) is 0.143. The molecule has 0 unspecified atom stereocenters. The van der Waals surface area contributed by atoms with E-state index in [4.69, 9.17) is 11.6 Å². The summed E-state index contributed by atoms with van der Waals surface area (Å²) >= 11 is 11.5. The van der Waals surface area contributed by atoms with E-state index in [1.807, 2.05) is 19.1 Å². The van der Waals surface area contributed by atoms with Crippen LogP contribution < -0.4 is 0 Å². The monoisotopic (exact) mass is 330 g/mol. The maximum absolute atomic E-state index is 5.88. The van der Waals surface area contributed by atoms with Gasteiger partial charge in [0.25, 0.3) is 0 Å². The largest absolute Gasteiger partial charge is 0.0840 e. The predicted molar refractivity (Wildman–Crippen MR) is 56.6 cm³/mol. The summed E-state index contributed by atoms with van der Waals surface area (Å²) in [6.07, 6.45) is 0. The average Bonchev–Trinajstić information content (AvgIpc) is 1.82. The first-order valence-corrected chi connectivity index (χ1v) is 4.97. The molecule has 0 aliphatic carbocycles. The van der Waals surface area contributed by atoms with Crippen LogP contribution in [0.5, 0.6) is 0 Å². The van der Waals surface area contributed by atoms with Crippen LogP contribution in [0.1, 0.15) is 5.56 Å². The van der Waals surface area contributed by atoms with Gasteiger partial charge < -0.3 is 0 Å². The van der Waals surface area contributed by atoms with E-state index >= 15 is 0 Å². The standard InChI is InChI=1S/C7H5BrClI/c1-4-6(9)2-5(8)3-7(4)10/h2-3H,1H3. The number of hydrogen-bond donors (Lipinski definition) is 0. The third kappa shape index (κ3) is 1.86. The van der Waals surface area contributed by atoms with Crippen molar-refractivity contribution in [3.8, 4) is 0 Å². The second-order valence-corrected chi connectivity index (χ2v) is 4.48. The molecule has 1 aromatic carbocycles. The fourth-order valence-corrected chi connectivity index (χ4v) is 2.64. The van der Waals surface area contributed by atoms with E-state index in [0.29, 0.717) is 0 Å². The molecule has 54 valence electrons. The maximum Gasteiger partial charge on any atom is 0.0456 e. The van der Waals surface area contributed by atoms with E-state index in [9.17, 15) is 0 Å². The van der Waals surface area contributed by atoms with E-state index in [1.165, 1.54) is 3.57 Å². The molecule has 0 fully saturated rings. The van der Waals surface area contributed by atoms with E-state index in [-0.39, 0.29) is 0 Å². The summed E-state index contributed by atoms with van der Waals surface area (Å²) in [5.41, 5.74) is 1.14. The molecule has 0 aliphatic rings. The van der Waals surface area contributed by atoms with Gasteiger partial charge >= 0.3 is 0 Å². The van der Waals surface area contributed by atoms with Crippen LogP contribution in [-0.4, -0.2) is 0 Å². The molecule has 0 saturated carbocycles. The number of hydrogen-bond acceptors (Lipinski definition) is 0. The number of halogens is 3. The molecule has 0 aromatic heterocycles. The third-order valence-electron chi connectivity index (χ3n) is 1.25. The summed E-state index contributed by atoms with van der Waals surface area (Å²) in [4.78, 5) is 0. The summed E-state index contributed by atoms with van der Waals surface area (Å²) in [5, 5.41) is 0.818. The van der Waals surface area contributed by atoms with Crippen LogP contribution in [0.2, 0.25) is 5.02 Å². The second-order valence-electron chi connectivity index (χ2n) is 1.99. The van der Waals surface area contributed by atoms with Crippen molar-refractivity contribution in [2.24, 2.45) is 0 Å². The molecular formula is C7H5BrClI. The fourth-order valence-electron chi connectivity index (χ4n) is 0.614. The minimum absolute atomic E-state index is 0.818. The van der Waals surface area contributed by atoms with Crippen molar-refractivity contribution in [3.63, 3.8) is 0 Å². The van der Waals surface area contributed by atoms with Gasteiger partial charge in [-0.1, -0.05) is 27.5 Å². The molecule has 0 nitrogen and oxygen atoms in total.